The zero-order valence-electron chi connectivity index (χ0n) is 10.1. The van der Waals surface area contributed by atoms with E-state index in [1.807, 2.05) is 22.9 Å². The maximum atomic E-state index is 5.31. The molecule has 3 heterocycles. The first-order valence-corrected chi connectivity index (χ1v) is 6.18. The Balaban J connectivity index is 1.72. The highest BCUT2D eigenvalue weighted by Gasteiger charge is 2.29. The number of nitrogens with zero attached hydrogens (tertiary/aromatic N) is 5. The molecule has 0 aliphatic heterocycles. The topological polar surface area (TPSA) is 69.6 Å². The van der Waals surface area contributed by atoms with Crippen molar-refractivity contribution in [3.63, 3.8) is 0 Å². The van der Waals surface area contributed by atoms with E-state index in [-0.39, 0.29) is 0 Å². The highest BCUT2D eigenvalue weighted by Crippen LogP contribution is 2.38. The summed E-state index contributed by atoms with van der Waals surface area (Å²) in [6, 6.07) is 3.77. The van der Waals surface area contributed by atoms with E-state index in [9.17, 15) is 0 Å². The van der Waals surface area contributed by atoms with Crippen LogP contribution in [0.1, 0.15) is 24.6 Å². The number of aromatic nitrogens is 5. The summed E-state index contributed by atoms with van der Waals surface area (Å²) < 4.78 is 7.15. The Morgan fingerprint density at radius 3 is 3.00 bits per heavy atom. The molecule has 0 aromatic carbocycles. The van der Waals surface area contributed by atoms with Crippen LogP contribution in [0.25, 0.3) is 17.3 Å². The molecule has 19 heavy (non-hydrogen) atoms. The SMILES string of the molecule is c1cn(-c2cc(-c3nc(C4CC4)no3)ccn2)cn1. The minimum Gasteiger partial charge on any atom is -0.334 e. The van der Waals surface area contributed by atoms with Gasteiger partial charge < -0.3 is 4.52 Å². The van der Waals surface area contributed by atoms with Crippen LogP contribution in [0.5, 0.6) is 0 Å². The van der Waals surface area contributed by atoms with E-state index in [0.29, 0.717) is 11.8 Å². The summed E-state index contributed by atoms with van der Waals surface area (Å²) in [5, 5.41) is 4.02. The molecule has 0 amide bonds. The fourth-order valence-corrected chi connectivity index (χ4v) is 1.95. The van der Waals surface area contributed by atoms with Crippen molar-refractivity contribution in [2.45, 2.75) is 18.8 Å². The molecule has 0 saturated heterocycles. The van der Waals surface area contributed by atoms with Crippen molar-refractivity contribution in [3.05, 3.63) is 42.9 Å². The lowest BCUT2D eigenvalue weighted by Crippen LogP contribution is -1.94. The molecule has 1 aliphatic carbocycles. The highest BCUT2D eigenvalue weighted by atomic mass is 16.5. The number of hydrogen-bond donors (Lipinski definition) is 0. The Labute approximate surface area is 109 Å². The predicted octanol–water partition coefficient (Wildman–Crippen LogP) is 2.19. The van der Waals surface area contributed by atoms with Crippen molar-refractivity contribution < 1.29 is 4.52 Å². The van der Waals surface area contributed by atoms with Crippen LogP contribution in [0.2, 0.25) is 0 Å². The average molecular weight is 253 g/mol. The highest BCUT2D eigenvalue weighted by molar-refractivity contribution is 5.55. The summed E-state index contributed by atoms with van der Waals surface area (Å²) in [4.78, 5) is 12.7. The summed E-state index contributed by atoms with van der Waals surface area (Å²) in [6.45, 7) is 0. The van der Waals surface area contributed by atoms with Gasteiger partial charge in [0.15, 0.2) is 5.82 Å². The lowest BCUT2D eigenvalue weighted by molar-refractivity contribution is 0.422. The van der Waals surface area contributed by atoms with Crippen molar-refractivity contribution in [3.8, 4) is 17.3 Å². The van der Waals surface area contributed by atoms with E-state index in [2.05, 4.69) is 20.1 Å². The maximum Gasteiger partial charge on any atom is 0.258 e. The first-order chi connectivity index (χ1) is 9.40. The van der Waals surface area contributed by atoms with Gasteiger partial charge in [-0.1, -0.05) is 5.16 Å². The molecule has 0 spiro atoms. The second-order valence-electron chi connectivity index (χ2n) is 4.60. The van der Waals surface area contributed by atoms with E-state index in [1.54, 1.807) is 18.7 Å². The molecule has 0 bridgehead atoms. The first-order valence-electron chi connectivity index (χ1n) is 6.18. The maximum absolute atomic E-state index is 5.31. The quantitative estimate of drug-likeness (QED) is 0.715. The standard InChI is InChI=1S/C13H11N5O/c1-2-9(1)12-16-13(19-17-12)10-3-4-15-11(7-10)18-6-5-14-8-18/h3-9H,1-2H2. The Hall–Kier alpha value is -2.50. The molecular weight excluding hydrogens is 242 g/mol. The van der Waals surface area contributed by atoms with Crippen molar-refractivity contribution in [1.29, 1.82) is 0 Å². The molecule has 1 fully saturated rings. The van der Waals surface area contributed by atoms with Crippen LogP contribution in [0.15, 0.2) is 41.6 Å². The molecular formula is C13H11N5O. The molecule has 3 aromatic rings. The third-order valence-electron chi connectivity index (χ3n) is 3.15. The summed E-state index contributed by atoms with van der Waals surface area (Å²) in [5.74, 6) is 2.63. The van der Waals surface area contributed by atoms with Crippen LogP contribution in [-0.2, 0) is 0 Å². The van der Waals surface area contributed by atoms with Crippen LogP contribution < -0.4 is 0 Å². The molecule has 3 aromatic heterocycles. The molecule has 1 saturated carbocycles. The van der Waals surface area contributed by atoms with Crippen LogP contribution >= 0.6 is 0 Å². The van der Waals surface area contributed by atoms with Crippen LogP contribution in [0.4, 0.5) is 0 Å². The zero-order chi connectivity index (χ0) is 12.7. The fourth-order valence-electron chi connectivity index (χ4n) is 1.95. The first kappa shape index (κ1) is 10.4. The minimum absolute atomic E-state index is 0.493. The lowest BCUT2D eigenvalue weighted by atomic mass is 10.2. The van der Waals surface area contributed by atoms with Gasteiger partial charge in [0.1, 0.15) is 12.1 Å². The number of hydrogen-bond acceptors (Lipinski definition) is 5. The van der Waals surface area contributed by atoms with Crippen LogP contribution in [0, 0.1) is 0 Å². The summed E-state index contributed by atoms with van der Waals surface area (Å²) >= 11 is 0. The van der Waals surface area contributed by atoms with Gasteiger partial charge in [-0.05, 0) is 25.0 Å². The van der Waals surface area contributed by atoms with Gasteiger partial charge in [0, 0.05) is 30.1 Å². The molecule has 0 atom stereocenters. The smallest absolute Gasteiger partial charge is 0.258 e. The van der Waals surface area contributed by atoms with Crippen molar-refractivity contribution in [2.24, 2.45) is 0 Å². The van der Waals surface area contributed by atoms with Crippen molar-refractivity contribution in [2.75, 3.05) is 0 Å². The predicted molar refractivity (Wildman–Crippen MR) is 66.6 cm³/mol. The van der Waals surface area contributed by atoms with Gasteiger partial charge >= 0.3 is 0 Å². The fraction of sp³-hybridized carbons (Fsp3) is 0.231. The van der Waals surface area contributed by atoms with Crippen LogP contribution in [-0.4, -0.2) is 24.7 Å². The van der Waals surface area contributed by atoms with Crippen molar-refractivity contribution >= 4 is 0 Å². The summed E-state index contributed by atoms with van der Waals surface area (Å²) in [7, 11) is 0. The molecule has 0 radical (unpaired) electrons. The molecule has 0 N–H and O–H groups in total. The average Bonchev–Trinajstić information content (AvgIpc) is 2.97. The van der Waals surface area contributed by atoms with E-state index in [1.165, 1.54) is 0 Å². The van der Waals surface area contributed by atoms with E-state index < -0.39 is 0 Å². The molecule has 6 heteroatoms. The van der Waals surface area contributed by atoms with E-state index >= 15 is 0 Å². The van der Waals surface area contributed by atoms with Gasteiger partial charge in [-0.25, -0.2) is 9.97 Å². The summed E-state index contributed by atoms with van der Waals surface area (Å²) in [5.41, 5.74) is 0.873. The second-order valence-corrected chi connectivity index (χ2v) is 4.60. The van der Waals surface area contributed by atoms with Crippen molar-refractivity contribution in [1.82, 2.24) is 24.7 Å². The Morgan fingerprint density at radius 2 is 2.21 bits per heavy atom. The zero-order valence-corrected chi connectivity index (χ0v) is 10.1. The molecule has 1 aliphatic rings. The monoisotopic (exact) mass is 253 g/mol. The van der Waals surface area contributed by atoms with Gasteiger partial charge in [0.05, 0.1) is 0 Å². The third kappa shape index (κ3) is 1.91. The second kappa shape index (κ2) is 4.01. The molecule has 6 nitrogen and oxygen atoms in total. The minimum atomic E-state index is 0.493. The number of rotatable bonds is 3. The van der Waals surface area contributed by atoms with Gasteiger partial charge in [-0.3, -0.25) is 4.57 Å². The number of pyridine rings is 1. The summed E-state index contributed by atoms with van der Waals surface area (Å²) in [6.07, 6.45) is 9.31. The van der Waals surface area contributed by atoms with Gasteiger partial charge in [0.25, 0.3) is 5.89 Å². The lowest BCUT2D eigenvalue weighted by Gasteiger charge is -2.01. The molecule has 4 rings (SSSR count). The van der Waals surface area contributed by atoms with Gasteiger partial charge in [-0.2, -0.15) is 4.98 Å². The number of imidazole rings is 1. The normalized spacial score (nSPS) is 14.7. The Morgan fingerprint density at radius 1 is 1.26 bits per heavy atom. The largest absolute Gasteiger partial charge is 0.334 e. The van der Waals surface area contributed by atoms with E-state index in [4.69, 9.17) is 4.52 Å². The van der Waals surface area contributed by atoms with Gasteiger partial charge in [-0.15, -0.1) is 0 Å². The van der Waals surface area contributed by atoms with E-state index in [0.717, 1.165) is 30.0 Å². The molecule has 94 valence electrons. The van der Waals surface area contributed by atoms with Crippen LogP contribution in [0.3, 0.4) is 0 Å². The molecule has 0 unspecified atom stereocenters. The van der Waals surface area contributed by atoms with Gasteiger partial charge in [0.2, 0.25) is 0 Å². The third-order valence-corrected chi connectivity index (χ3v) is 3.15. The Bertz CT molecular complexity index is 699. The Kier molecular flexibility index (Phi) is 2.20.